The molecule has 1 aliphatic carbocycles. The number of carboxylic acid groups (broad SMARTS) is 1. The van der Waals surface area contributed by atoms with Crippen molar-refractivity contribution in [1.82, 2.24) is 0 Å². The molecule has 0 amide bonds. The van der Waals surface area contributed by atoms with Crippen LogP contribution >= 0.6 is 0 Å². The fourth-order valence-corrected chi connectivity index (χ4v) is 2.07. The summed E-state index contributed by atoms with van der Waals surface area (Å²) in [5.41, 5.74) is -1.02. The molecule has 4 nitrogen and oxygen atoms in total. The van der Waals surface area contributed by atoms with E-state index in [1.165, 1.54) is 0 Å². The van der Waals surface area contributed by atoms with Crippen molar-refractivity contribution < 1.29 is 20.1 Å². The monoisotopic (exact) mass is 230 g/mol. The maximum Gasteiger partial charge on any atom is 0.303 e. The van der Waals surface area contributed by atoms with E-state index in [4.69, 9.17) is 5.11 Å². The van der Waals surface area contributed by atoms with E-state index in [0.29, 0.717) is 18.3 Å². The first kappa shape index (κ1) is 13.5. The van der Waals surface area contributed by atoms with Crippen LogP contribution in [0, 0.1) is 11.8 Å². The Morgan fingerprint density at radius 2 is 2.12 bits per heavy atom. The van der Waals surface area contributed by atoms with Crippen molar-refractivity contribution in [3.8, 4) is 0 Å². The van der Waals surface area contributed by atoms with E-state index in [2.05, 4.69) is 0 Å². The first-order valence-corrected chi connectivity index (χ1v) is 5.95. The lowest BCUT2D eigenvalue weighted by Crippen LogP contribution is -2.36. The van der Waals surface area contributed by atoms with Crippen molar-refractivity contribution in [2.45, 2.75) is 57.7 Å². The van der Waals surface area contributed by atoms with Crippen LogP contribution in [0.2, 0.25) is 0 Å². The van der Waals surface area contributed by atoms with Crippen LogP contribution < -0.4 is 0 Å². The SMILES string of the molecule is CC(O)C(C)(O)CCC[C@H]1C[C@H]1CC(=O)O. The van der Waals surface area contributed by atoms with Gasteiger partial charge in [0.05, 0.1) is 11.7 Å². The lowest BCUT2D eigenvalue weighted by Gasteiger charge is -2.26. The van der Waals surface area contributed by atoms with Gasteiger partial charge in [0.1, 0.15) is 0 Å². The average molecular weight is 230 g/mol. The summed E-state index contributed by atoms with van der Waals surface area (Å²) in [6, 6.07) is 0. The number of aliphatic hydroxyl groups is 2. The van der Waals surface area contributed by atoms with E-state index in [0.717, 1.165) is 19.3 Å². The van der Waals surface area contributed by atoms with Crippen LogP contribution in [-0.2, 0) is 4.79 Å². The predicted molar refractivity (Wildman–Crippen MR) is 60.0 cm³/mol. The van der Waals surface area contributed by atoms with Crippen LogP contribution in [0.4, 0.5) is 0 Å². The molecule has 0 aromatic heterocycles. The molecule has 0 aliphatic heterocycles. The Morgan fingerprint density at radius 1 is 1.50 bits per heavy atom. The Labute approximate surface area is 96.3 Å². The molecule has 4 atom stereocenters. The number of rotatable bonds is 7. The van der Waals surface area contributed by atoms with Crippen LogP contribution in [0.1, 0.15) is 46.0 Å². The van der Waals surface area contributed by atoms with Crippen molar-refractivity contribution >= 4 is 5.97 Å². The van der Waals surface area contributed by atoms with Gasteiger partial charge in [-0.2, -0.15) is 0 Å². The second-order valence-electron chi connectivity index (χ2n) is 5.28. The van der Waals surface area contributed by atoms with Gasteiger partial charge in [-0.25, -0.2) is 0 Å². The van der Waals surface area contributed by atoms with Gasteiger partial charge in [-0.1, -0.05) is 12.8 Å². The number of carbonyl (C=O) groups is 1. The molecule has 1 saturated carbocycles. The summed E-state index contributed by atoms with van der Waals surface area (Å²) in [6.07, 6.45) is 2.93. The van der Waals surface area contributed by atoms with Gasteiger partial charge in [-0.3, -0.25) is 4.79 Å². The zero-order chi connectivity index (χ0) is 12.3. The molecule has 0 spiro atoms. The van der Waals surface area contributed by atoms with Gasteiger partial charge in [-0.15, -0.1) is 0 Å². The number of carboxylic acids is 1. The fraction of sp³-hybridized carbons (Fsp3) is 0.917. The van der Waals surface area contributed by atoms with Crippen LogP contribution in [0.15, 0.2) is 0 Å². The minimum atomic E-state index is -1.02. The third kappa shape index (κ3) is 4.10. The first-order chi connectivity index (χ1) is 7.33. The van der Waals surface area contributed by atoms with Crippen LogP contribution in [-0.4, -0.2) is 33.0 Å². The molecule has 1 fully saturated rings. The quantitative estimate of drug-likeness (QED) is 0.617. The zero-order valence-electron chi connectivity index (χ0n) is 10.0. The van der Waals surface area contributed by atoms with E-state index in [9.17, 15) is 15.0 Å². The molecule has 0 heterocycles. The molecule has 0 radical (unpaired) electrons. The molecule has 2 unspecified atom stereocenters. The van der Waals surface area contributed by atoms with Gasteiger partial charge in [0.2, 0.25) is 0 Å². The fourth-order valence-electron chi connectivity index (χ4n) is 2.07. The van der Waals surface area contributed by atoms with Gasteiger partial charge in [0.25, 0.3) is 0 Å². The largest absolute Gasteiger partial charge is 0.481 e. The third-order valence-corrected chi connectivity index (χ3v) is 3.66. The highest BCUT2D eigenvalue weighted by molar-refractivity contribution is 5.67. The molecule has 0 saturated heterocycles. The lowest BCUT2D eigenvalue weighted by atomic mass is 9.93. The molecular weight excluding hydrogens is 208 g/mol. The van der Waals surface area contributed by atoms with Gasteiger partial charge in [-0.05, 0) is 38.5 Å². The minimum absolute atomic E-state index is 0.275. The summed E-state index contributed by atoms with van der Waals surface area (Å²) in [7, 11) is 0. The summed E-state index contributed by atoms with van der Waals surface area (Å²) in [5, 5.41) is 27.7. The van der Waals surface area contributed by atoms with E-state index in [1.807, 2.05) is 0 Å². The third-order valence-electron chi connectivity index (χ3n) is 3.66. The van der Waals surface area contributed by atoms with E-state index >= 15 is 0 Å². The van der Waals surface area contributed by atoms with Crippen molar-refractivity contribution in [2.24, 2.45) is 11.8 Å². The Morgan fingerprint density at radius 3 is 2.62 bits per heavy atom. The second-order valence-corrected chi connectivity index (χ2v) is 5.28. The molecule has 0 aromatic rings. The molecule has 16 heavy (non-hydrogen) atoms. The highest BCUT2D eigenvalue weighted by Crippen LogP contribution is 2.45. The topological polar surface area (TPSA) is 77.8 Å². The number of aliphatic hydroxyl groups excluding tert-OH is 1. The number of hydrogen-bond donors (Lipinski definition) is 3. The normalized spacial score (nSPS) is 29.5. The average Bonchev–Trinajstić information content (AvgIpc) is 2.81. The standard InChI is InChI=1S/C12H22O4/c1-8(13)12(2,16)5-3-4-9-6-10(9)7-11(14)15/h8-10,13,16H,3-7H2,1-2H3,(H,14,15)/t8?,9-,10-,12?/m0/s1. The molecule has 3 N–H and O–H groups in total. The van der Waals surface area contributed by atoms with Crippen LogP contribution in [0.5, 0.6) is 0 Å². The molecule has 1 rings (SSSR count). The van der Waals surface area contributed by atoms with E-state index < -0.39 is 17.7 Å². The van der Waals surface area contributed by atoms with Crippen molar-refractivity contribution in [2.75, 3.05) is 0 Å². The zero-order valence-corrected chi connectivity index (χ0v) is 10.0. The summed E-state index contributed by atoms with van der Waals surface area (Å²) >= 11 is 0. The maximum atomic E-state index is 10.4. The molecule has 1 aliphatic rings. The molecule has 94 valence electrons. The minimum Gasteiger partial charge on any atom is -0.481 e. The lowest BCUT2D eigenvalue weighted by molar-refractivity contribution is -0.137. The molecule has 0 aromatic carbocycles. The summed E-state index contributed by atoms with van der Waals surface area (Å²) in [5.74, 6) is 0.137. The summed E-state index contributed by atoms with van der Waals surface area (Å²) in [6.45, 7) is 3.23. The highest BCUT2D eigenvalue weighted by atomic mass is 16.4. The van der Waals surface area contributed by atoms with Crippen molar-refractivity contribution in [3.63, 3.8) is 0 Å². The Balaban J connectivity index is 2.12. The molecule has 4 heteroatoms. The summed E-state index contributed by atoms with van der Waals surface area (Å²) < 4.78 is 0. The molecular formula is C12H22O4. The van der Waals surface area contributed by atoms with Gasteiger partial charge < -0.3 is 15.3 Å². The Kier molecular flexibility index (Phi) is 4.33. The van der Waals surface area contributed by atoms with E-state index in [1.54, 1.807) is 13.8 Å². The smallest absolute Gasteiger partial charge is 0.303 e. The summed E-state index contributed by atoms with van der Waals surface area (Å²) in [4.78, 5) is 10.4. The van der Waals surface area contributed by atoms with Crippen LogP contribution in [0.25, 0.3) is 0 Å². The Bertz CT molecular complexity index is 247. The van der Waals surface area contributed by atoms with Gasteiger partial charge >= 0.3 is 5.97 Å². The Hall–Kier alpha value is -0.610. The van der Waals surface area contributed by atoms with Gasteiger partial charge in [0, 0.05) is 6.42 Å². The van der Waals surface area contributed by atoms with Crippen LogP contribution in [0.3, 0.4) is 0 Å². The molecule has 0 bridgehead atoms. The van der Waals surface area contributed by atoms with E-state index in [-0.39, 0.29) is 6.42 Å². The predicted octanol–water partition coefficient (Wildman–Crippen LogP) is 1.40. The highest BCUT2D eigenvalue weighted by Gasteiger charge is 2.38. The van der Waals surface area contributed by atoms with Gasteiger partial charge in [0.15, 0.2) is 0 Å². The maximum absolute atomic E-state index is 10.4. The number of hydrogen-bond acceptors (Lipinski definition) is 3. The second kappa shape index (κ2) is 5.15. The number of aliphatic carboxylic acids is 1. The van der Waals surface area contributed by atoms with Crippen molar-refractivity contribution in [3.05, 3.63) is 0 Å². The van der Waals surface area contributed by atoms with Crippen molar-refractivity contribution in [1.29, 1.82) is 0 Å². The first-order valence-electron chi connectivity index (χ1n) is 5.95.